The van der Waals surface area contributed by atoms with E-state index in [0.29, 0.717) is 0 Å². The fourth-order valence-electron chi connectivity index (χ4n) is 3.00. The summed E-state index contributed by atoms with van der Waals surface area (Å²) in [5.74, 6) is -2.69. The number of halogens is 1. The Morgan fingerprint density at radius 1 is 1.24 bits per heavy atom. The summed E-state index contributed by atoms with van der Waals surface area (Å²) in [6.07, 6.45) is -0.707. The highest BCUT2D eigenvalue weighted by Crippen LogP contribution is 2.29. The summed E-state index contributed by atoms with van der Waals surface area (Å²) in [6, 6.07) is 9.37. The minimum absolute atomic E-state index is 0.0224. The number of ether oxygens (including phenoxy) is 1. The molecule has 0 bridgehead atoms. The Labute approximate surface area is 164 Å². The van der Waals surface area contributed by atoms with E-state index in [1.807, 2.05) is 6.07 Å². The summed E-state index contributed by atoms with van der Waals surface area (Å²) in [7, 11) is 0. The molecule has 0 spiro atoms. The van der Waals surface area contributed by atoms with E-state index in [9.17, 15) is 29.2 Å². The van der Waals surface area contributed by atoms with Gasteiger partial charge in [-0.05, 0) is 5.56 Å². The van der Waals surface area contributed by atoms with Crippen LogP contribution in [0.5, 0.6) is 0 Å². The smallest absolute Gasteiger partial charge is 0.410 e. The van der Waals surface area contributed by atoms with Crippen LogP contribution in [-0.2, 0) is 16.1 Å². The molecule has 1 amide bonds. The van der Waals surface area contributed by atoms with E-state index >= 15 is 0 Å². The monoisotopic (exact) mass is 404 g/mol. The maximum absolute atomic E-state index is 13.6. The molecule has 10 nitrogen and oxygen atoms in total. The fraction of sp³-hybridized carbons (Fsp3) is 0.278. The van der Waals surface area contributed by atoms with Gasteiger partial charge in [-0.25, -0.2) is 9.59 Å². The molecular weight excluding hydrogens is 387 g/mol. The minimum atomic E-state index is -1.35. The zero-order chi connectivity index (χ0) is 21.0. The molecular formula is C18H17FN4O6. The summed E-state index contributed by atoms with van der Waals surface area (Å²) in [6.45, 7) is -0.325. The van der Waals surface area contributed by atoms with Crippen LogP contribution in [-0.4, -0.2) is 57.7 Å². The Balaban J connectivity index is 1.75. The number of carbonyl (C=O) groups is 2. The number of hydrogen-bond donors (Lipinski definition) is 1. The lowest BCUT2D eigenvalue weighted by Crippen LogP contribution is -2.58. The molecule has 1 aromatic carbocycles. The molecule has 29 heavy (non-hydrogen) atoms. The highest BCUT2D eigenvalue weighted by molar-refractivity contribution is 5.81. The molecule has 0 saturated carbocycles. The number of carboxylic acid groups (broad SMARTS) is 1. The molecule has 3 rings (SSSR count). The third-order valence-corrected chi connectivity index (χ3v) is 4.42. The van der Waals surface area contributed by atoms with Crippen molar-refractivity contribution in [3.63, 3.8) is 0 Å². The first kappa shape index (κ1) is 20.0. The van der Waals surface area contributed by atoms with Crippen molar-refractivity contribution in [2.24, 2.45) is 0 Å². The Bertz CT molecular complexity index is 926. The van der Waals surface area contributed by atoms with Gasteiger partial charge in [0.1, 0.15) is 12.6 Å². The summed E-state index contributed by atoms with van der Waals surface area (Å²) in [5.41, 5.74) is 0.256. The average molecular weight is 404 g/mol. The lowest BCUT2D eigenvalue weighted by Gasteiger charge is -2.39. The predicted molar refractivity (Wildman–Crippen MR) is 97.8 cm³/mol. The third kappa shape index (κ3) is 4.57. The van der Waals surface area contributed by atoms with Crippen LogP contribution in [0.1, 0.15) is 5.56 Å². The normalized spacial score (nSPS) is 16.4. The van der Waals surface area contributed by atoms with Crippen molar-refractivity contribution in [3.8, 4) is 0 Å². The standard InChI is InChI=1S/C18H17FN4O6/c19-15-7-6-13(23(27)28)16(20-15)22-9-8-21(10-14(22)17(24)25)18(26)29-11-12-4-2-1-3-5-12/h1-7,14H,8-11H2,(H,24,25). The molecule has 2 heterocycles. The number of pyridine rings is 1. The second kappa shape index (κ2) is 8.50. The van der Waals surface area contributed by atoms with E-state index in [1.54, 1.807) is 24.3 Å². The van der Waals surface area contributed by atoms with Gasteiger partial charge in [0.05, 0.1) is 11.5 Å². The SMILES string of the molecule is O=C(O)C1CN(C(=O)OCc2ccccc2)CCN1c1nc(F)ccc1[N+](=O)[O-]. The summed E-state index contributed by atoms with van der Waals surface area (Å²) >= 11 is 0. The number of rotatable bonds is 5. The minimum Gasteiger partial charge on any atom is -0.480 e. The zero-order valence-electron chi connectivity index (χ0n) is 15.1. The Morgan fingerprint density at radius 2 is 1.97 bits per heavy atom. The number of nitrogens with zero attached hydrogens (tertiary/aromatic N) is 4. The number of aliphatic carboxylic acids is 1. The van der Waals surface area contributed by atoms with Crippen LogP contribution in [0.4, 0.5) is 20.7 Å². The number of carbonyl (C=O) groups excluding carboxylic acids is 1. The highest BCUT2D eigenvalue weighted by atomic mass is 19.1. The second-order valence-electron chi connectivity index (χ2n) is 6.27. The van der Waals surface area contributed by atoms with Gasteiger partial charge in [0, 0.05) is 25.2 Å². The molecule has 11 heteroatoms. The Morgan fingerprint density at radius 3 is 2.62 bits per heavy atom. The fourth-order valence-corrected chi connectivity index (χ4v) is 3.00. The molecule has 1 aliphatic heterocycles. The molecule has 1 aromatic heterocycles. The molecule has 2 aromatic rings. The number of benzene rings is 1. The molecule has 1 N–H and O–H groups in total. The van der Waals surface area contributed by atoms with Crippen molar-refractivity contribution in [1.82, 2.24) is 9.88 Å². The van der Waals surface area contributed by atoms with Gasteiger partial charge in [0.2, 0.25) is 11.8 Å². The maximum atomic E-state index is 13.6. The van der Waals surface area contributed by atoms with E-state index in [0.717, 1.165) is 22.6 Å². The Hall–Kier alpha value is -3.76. The number of amides is 1. The number of carboxylic acids is 1. The zero-order valence-corrected chi connectivity index (χ0v) is 15.1. The lowest BCUT2D eigenvalue weighted by atomic mass is 10.1. The van der Waals surface area contributed by atoms with Crippen LogP contribution in [0.15, 0.2) is 42.5 Å². The molecule has 1 atom stereocenters. The largest absolute Gasteiger partial charge is 0.480 e. The van der Waals surface area contributed by atoms with E-state index in [1.165, 1.54) is 4.90 Å². The summed E-state index contributed by atoms with van der Waals surface area (Å²) < 4.78 is 18.8. The number of aromatic nitrogens is 1. The van der Waals surface area contributed by atoms with E-state index < -0.39 is 34.7 Å². The van der Waals surface area contributed by atoms with Crippen molar-refractivity contribution >= 4 is 23.6 Å². The molecule has 0 aliphatic carbocycles. The number of hydrogen-bond acceptors (Lipinski definition) is 7. The quantitative estimate of drug-likeness (QED) is 0.456. The van der Waals surface area contributed by atoms with Crippen molar-refractivity contribution in [2.75, 3.05) is 24.5 Å². The van der Waals surface area contributed by atoms with Crippen molar-refractivity contribution < 1.29 is 28.7 Å². The van der Waals surface area contributed by atoms with Gasteiger partial charge in [-0.1, -0.05) is 30.3 Å². The van der Waals surface area contributed by atoms with Crippen LogP contribution >= 0.6 is 0 Å². The predicted octanol–water partition coefficient (Wildman–Crippen LogP) is 2.04. The molecule has 0 radical (unpaired) electrons. The first-order valence-electron chi connectivity index (χ1n) is 8.63. The van der Waals surface area contributed by atoms with E-state index in [-0.39, 0.29) is 32.1 Å². The van der Waals surface area contributed by atoms with Crippen LogP contribution in [0.3, 0.4) is 0 Å². The van der Waals surface area contributed by atoms with Crippen LogP contribution < -0.4 is 4.90 Å². The number of piperazine rings is 1. The van der Waals surface area contributed by atoms with Gasteiger partial charge in [-0.3, -0.25) is 10.1 Å². The third-order valence-electron chi connectivity index (χ3n) is 4.42. The van der Waals surface area contributed by atoms with Gasteiger partial charge >= 0.3 is 17.7 Å². The lowest BCUT2D eigenvalue weighted by molar-refractivity contribution is -0.384. The van der Waals surface area contributed by atoms with Gasteiger partial charge in [0.15, 0.2) is 0 Å². The van der Waals surface area contributed by atoms with Gasteiger partial charge in [0.25, 0.3) is 0 Å². The van der Waals surface area contributed by atoms with Crippen molar-refractivity contribution in [3.05, 3.63) is 64.1 Å². The topological polar surface area (TPSA) is 126 Å². The maximum Gasteiger partial charge on any atom is 0.410 e. The number of nitro groups is 1. The van der Waals surface area contributed by atoms with Crippen molar-refractivity contribution in [1.29, 1.82) is 0 Å². The van der Waals surface area contributed by atoms with E-state index in [4.69, 9.17) is 4.74 Å². The van der Waals surface area contributed by atoms with Crippen LogP contribution in [0.25, 0.3) is 0 Å². The number of anilines is 1. The van der Waals surface area contributed by atoms with Gasteiger partial charge < -0.3 is 19.6 Å². The first-order valence-corrected chi connectivity index (χ1v) is 8.63. The Kier molecular flexibility index (Phi) is 5.86. The molecule has 1 saturated heterocycles. The van der Waals surface area contributed by atoms with E-state index in [2.05, 4.69) is 4.98 Å². The molecule has 1 aliphatic rings. The van der Waals surface area contributed by atoms with Gasteiger partial charge in [-0.2, -0.15) is 9.37 Å². The van der Waals surface area contributed by atoms with Crippen LogP contribution in [0, 0.1) is 16.1 Å². The summed E-state index contributed by atoms with van der Waals surface area (Å²) in [4.78, 5) is 40.4. The van der Waals surface area contributed by atoms with Crippen LogP contribution in [0.2, 0.25) is 0 Å². The summed E-state index contributed by atoms with van der Waals surface area (Å²) in [5, 5.41) is 20.8. The highest BCUT2D eigenvalue weighted by Gasteiger charge is 2.38. The molecule has 1 fully saturated rings. The first-order chi connectivity index (χ1) is 13.9. The van der Waals surface area contributed by atoms with Gasteiger partial charge in [-0.15, -0.1) is 0 Å². The molecule has 1 unspecified atom stereocenters. The van der Waals surface area contributed by atoms with Crippen molar-refractivity contribution in [2.45, 2.75) is 12.6 Å². The second-order valence-corrected chi connectivity index (χ2v) is 6.27. The molecule has 152 valence electrons. The average Bonchev–Trinajstić information content (AvgIpc) is 2.72.